The lowest BCUT2D eigenvalue weighted by atomic mass is 10.00. The molecule has 3 aromatic carbocycles. The Morgan fingerprint density at radius 3 is 1.81 bits per heavy atom. The van der Waals surface area contributed by atoms with Gasteiger partial charge in [-0.15, -0.1) is 0 Å². The van der Waals surface area contributed by atoms with E-state index in [1.807, 2.05) is 91.0 Å². The number of carbonyl (C=O) groups is 3. The molecule has 0 aromatic heterocycles. The third kappa shape index (κ3) is 9.80. The second-order valence-electron chi connectivity index (χ2n) is 9.72. The summed E-state index contributed by atoms with van der Waals surface area (Å²) in [6, 6.07) is 27.1. The molecule has 0 radical (unpaired) electrons. The van der Waals surface area contributed by atoms with Gasteiger partial charge >= 0.3 is 12.1 Å². The van der Waals surface area contributed by atoms with Gasteiger partial charge in [0.25, 0.3) is 5.91 Å². The summed E-state index contributed by atoms with van der Waals surface area (Å²) in [5, 5.41) is 5.62. The van der Waals surface area contributed by atoms with Gasteiger partial charge in [-0.3, -0.25) is 9.59 Å². The van der Waals surface area contributed by atoms with Crippen molar-refractivity contribution in [1.29, 1.82) is 0 Å². The van der Waals surface area contributed by atoms with Gasteiger partial charge in [0.1, 0.15) is 5.60 Å². The number of hydrogen-bond donors (Lipinski definition) is 2. The van der Waals surface area contributed by atoms with Crippen LogP contribution < -0.4 is 10.6 Å². The quantitative estimate of drug-likeness (QED) is 0.396. The predicted molar refractivity (Wildman–Crippen MR) is 142 cm³/mol. The number of hydrogen-bond acceptors (Lipinski definition) is 5. The maximum Gasteiger partial charge on any atom is 0.408 e. The fourth-order valence-electron chi connectivity index (χ4n) is 3.71. The van der Waals surface area contributed by atoms with Crippen molar-refractivity contribution >= 4 is 18.0 Å². The second-order valence-corrected chi connectivity index (χ2v) is 9.72. The highest BCUT2D eigenvalue weighted by Gasteiger charge is 2.34. The minimum absolute atomic E-state index is 0.00615. The molecule has 0 spiro atoms. The van der Waals surface area contributed by atoms with E-state index in [0.29, 0.717) is 0 Å². The van der Waals surface area contributed by atoms with Gasteiger partial charge in [0.05, 0.1) is 12.5 Å². The van der Waals surface area contributed by atoms with Crippen LogP contribution in [-0.4, -0.2) is 35.7 Å². The SMILES string of the molecule is CC(C)(C)OC(=O)N[C@@H](Cc1ccccc1)C(OC(=O)Cc1ccccc1)C(=O)NCc1ccccc1. The van der Waals surface area contributed by atoms with Gasteiger partial charge in [-0.2, -0.15) is 0 Å². The van der Waals surface area contributed by atoms with Gasteiger partial charge in [-0.05, 0) is 43.9 Å². The van der Waals surface area contributed by atoms with E-state index in [1.54, 1.807) is 20.8 Å². The van der Waals surface area contributed by atoms with Crippen LogP contribution in [-0.2, 0) is 38.4 Å². The molecule has 0 saturated carbocycles. The molecular formula is C30H34N2O5. The Kier molecular flexibility index (Phi) is 9.84. The minimum atomic E-state index is -1.28. The Hall–Kier alpha value is -4.13. The van der Waals surface area contributed by atoms with Crippen LogP contribution in [0.25, 0.3) is 0 Å². The van der Waals surface area contributed by atoms with Crippen LogP contribution in [0.5, 0.6) is 0 Å². The number of ether oxygens (including phenoxy) is 2. The molecule has 2 atom stereocenters. The molecule has 2 N–H and O–H groups in total. The molecule has 1 unspecified atom stereocenters. The summed E-state index contributed by atoms with van der Waals surface area (Å²) in [6.07, 6.45) is -1.74. The van der Waals surface area contributed by atoms with E-state index in [2.05, 4.69) is 10.6 Å². The normalized spacial score (nSPS) is 12.6. The van der Waals surface area contributed by atoms with Crippen LogP contribution >= 0.6 is 0 Å². The largest absolute Gasteiger partial charge is 0.450 e. The second kappa shape index (κ2) is 13.3. The van der Waals surface area contributed by atoms with Gasteiger partial charge in [-0.25, -0.2) is 4.79 Å². The molecule has 3 rings (SSSR count). The molecule has 3 aromatic rings. The first-order chi connectivity index (χ1) is 17.7. The summed E-state index contributed by atoms with van der Waals surface area (Å²) in [7, 11) is 0. The maximum absolute atomic E-state index is 13.4. The first kappa shape index (κ1) is 27.5. The van der Waals surface area contributed by atoms with Crippen molar-refractivity contribution in [2.24, 2.45) is 0 Å². The van der Waals surface area contributed by atoms with Crippen LogP contribution in [0.4, 0.5) is 4.79 Å². The smallest absolute Gasteiger partial charge is 0.408 e. The van der Waals surface area contributed by atoms with Gasteiger partial charge in [-0.1, -0.05) is 91.0 Å². The fourth-order valence-corrected chi connectivity index (χ4v) is 3.71. The van der Waals surface area contributed by atoms with Crippen molar-refractivity contribution in [2.45, 2.75) is 57.9 Å². The van der Waals surface area contributed by atoms with Crippen molar-refractivity contribution in [3.05, 3.63) is 108 Å². The third-order valence-corrected chi connectivity index (χ3v) is 5.38. The van der Waals surface area contributed by atoms with E-state index in [0.717, 1.165) is 16.7 Å². The Morgan fingerprint density at radius 2 is 1.27 bits per heavy atom. The molecule has 0 heterocycles. The number of esters is 1. The van der Waals surface area contributed by atoms with E-state index in [-0.39, 0.29) is 19.4 Å². The highest BCUT2D eigenvalue weighted by atomic mass is 16.6. The molecule has 0 fully saturated rings. The molecule has 2 amide bonds. The maximum atomic E-state index is 13.4. The van der Waals surface area contributed by atoms with E-state index in [9.17, 15) is 14.4 Å². The molecule has 0 aliphatic carbocycles. The first-order valence-corrected chi connectivity index (χ1v) is 12.3. The summed E-state index contributed by atoms with van der Waals surface area (Å²) in [4.78, 5) is 39.1. The predicted octanol–water partition coefficient (Wildman–Crippen LogP) is 4.59. The summed E-state index contributed by atoms with van der Waals surface area (Å²) >= 11 is 0. The van der Waals surface area contributed by atoms with E-state index >= 15 is 0 Å². The van der Waals surface area contributed by atoms with Crippen molar-refractivity contribution in [3.8, 4) is 0 Å². The summed E-state index contributed by atoms with van der Waals surface area (Å²) < 4.78 is 11.2. The number of carbonyl (C=O) groups excluding carboxylic acids is 3. The molecule has 7 heteroatoms. The standard InChI is InChI=1S/C30H34N2O5/c1-30(2,3)37-29(35)32-25(19-22-13-7-4-8-14-22)27(28(34)31-21-24-17-11-6-12-18-24)36-26(33)20-23-15-9-5-10-16-23/h4-18,25,27H,19-21H2,1-3H3,(H,31,34)(H,32,35)/t25-,27?/m0/s1. The number of nitrogens with one attached hydrogen (secondary N) is 2. The summed E-state index contributed by atoms with van der Waals surface area (Å²) in [6.45, 7) is 5.51. The average molecular weight is 503 g/mol. The zero-order valence-corrected chi connectivity index (χ0v) is 21.5. The third-order valence-electron chi connectivity index (χ3n) is 5.38. The number of rotatable bonds is 10. The van der Waals surface area contributed by atoms with E-state index < -0.39 is 35.7 Å². The van der Waals surface area contributed by atoms with Crippen LogP contribution in [0, 0.1) is 0 Å². The lowest BCUT2D eigenvalue weighted by Crippen LogP contribution is -2.54. The van der Waals surface area contributed by atoms with Crippen molar-refractivity contribution in [3.63, 3.8) is 0 Å². The number of alkyl carbamates (subject to hydrolysis) is 1. The number of benzene rings is 3. The number of amides is 2. The van der Waals surface area contributed by atoms with Gasteiger partial charge in [0.2, 0.25) is 6.10 Å². The fraction of sp³-hybridized carbons (Fsp3) is 0.300. The highest BCUT2D eigenvalue weighted by molar-refractivity contribution is 5.85. The van der Waals surface area contributed by atoms with Crippen molar-refractivity contribution in [1.82, 2.24) is 10.6 Å². The van der Waals surface area contributed by atoms with Gasteiger partial charge in [0.15, 0.2) is 0 Å². The zero-order valence-electron chi connectivity index (χ0n) is 21.5. The van der Waals surface area contributed by atoms with Gasteiger partial charge < -0.3 is 20.1 Å². The van der Waals surface area contributed by atoms with E-state index in [4.69, 9.17) is 9.47 Å². The molecule has 0 aliphatic heterocycles. The molecule has 7 nitrogen and oxygen atoms in total. The van der Waals surface area contributed by atoms with Crippen LogP contribution in [0.1, 0.15) is 37.5 Å². The zero-order chi connectivity index (χ0) is 26.7. The lowest BCUT2D eigenvalue weighted by Gasteiger charge is -2.29. The van der Waals surface area contributed by atoms with Crippen LogP contribution in [0.3, 0.4) is 0 Å². The van der Waals surface area contributed by atoms with Crippen molar-refractivity contribution < 1.29 is 23.9 Å². The highest BCUT2D eigenvalue weighted by Crippen LogP contribution is 2.14. The Bertz CT molecular complexity index is 1140. The molecule has 194 valence electrons. The molecule has 0 bridgehead atoms. The average Bonchev–Trinajstić information content (AvgIpc) is 2.86. The Morgan fingerprint density at radius 1 is 0.757 bits per heavy atom. The monoisotopic (exact) mass is 502 g/mol. The summed E-state index contributed by atoms with van der Waals surface area (Å²) in [5.41, 5.74) is 1.78. The van der Waals surface area contributed by atoms with Gasteiger partial charge in [0, 0.05) is 6.54 Å². The Labute approximate surface area is 218 Å². The molecule has 0 aliphatic rings. The van der Waals surface area contributed by atoms with Crippen LogP contribution in [0.2, 0.25) is 0 Å². The molecule has 0 saturated heterocycles. The first-order valence-electron chi connectivity index (χ1n) is 12.3. The summed E-state index contributed by atoms with van der Waals surface area (Å²) in [5.74, 6) is -1.09. The van der Waals surface area contributed by atoms with Crippen molar-refractivity contribution in [2.75, 3.05) is 0 Å². The minimum Gasteiger partial charge on any atom is -0.450 e. The topological polar surface area (TPSA) is 93.7 Å². The lowest BCUT2D eigenvalue weighted by molar-refractivity contribution is -0.157. The molecule has 37 heavy (non-hydrogen) atoms. The Balaban J connectivity index is 1.85. The van der Waals surface area contributed by atoms with Crippen LogP contribution in [0.15, 0.2) is 91.0 Å². The van der Waals surface area contributed by atoms with E-state index in [1.165, 1.54) is 0 Å². The molecular weight excluding hydrogens is 468 g/mol.